The summed E-state index contributed by atoms with van der Waals surface area (Å²) in [4.78, 5) is 30.2. The summed E-state index contributed by atoms with van der Waals surface area (Å²) in [5.41, 5.74) is 7.25. The van der Waals surface area contributed by atoms with Crippen molar-refractivity contribution in [3.63, 3.8) is 0 Å². The lowest BCUT2D eigenvalue weighted by atomic mass is 9.92. The lowest BCUT2D eigenvalue weighted by Gasteiger charge is -2.33. The monoisotopic (exact) mass is 522 g/mol. The van der Waals surface area contributed by atoms with E-state index in [0.29, 0.717) is 36.7 Å². The van der Waals surface area contributed by atoms with Gasteiger partial charge in [0.15, 0.2) is 11.6 Å². The number of hydrogen-bond donors (Lipinski definition) is 1. The Labute approximate surface area is 223 Å². The maximum absolute atomic E-state index is 12.4. The van der Waals surface area contributed by atoms with Crippen molar-refractivity contribution in [3.8, 4) is 5.75 Å². The van der Waals surface area contributed by atoms with Gasteiger partial charge in [0.1, 0.15) is 0 Å². The van der Waals surface area contributed by atoms with Gasteiger partial charge >= 0.3 is 6.01 Å². The van der Waals surface area contributed by atoms with Crippen molar-refractivity contribution in [3.05, 3.63) is 52.5 Å². The molecule has 0 aromatic carbocycles. The highest BCUT2D eigenvalue weighted by Gasteiger charge is 2.34. The van der Waals surface area contributed by atoms with Crippen LogP contribution < -0.4 is 25.8 Å². The number of aryl methyl sites for hydroxylation is 1. The van der Waals surface area contributed by atoms with E-state index in [1.165, 1.54) is 0 Å². The van der Waals surface area contributed by atoms with Crippen LogP contribution in [0, 0.1) is 12.8 Å². The largest absolute Gasteiger partial charge is 0.487 e. The summed E-state index contributed by atoms with van der Waals surface area (Å²) in [5.74, 6) is 2.36. The number of ether oxygens (including phenoxy) is 1. The summed E-state index contributed by atoms with van der Waals surface area (Å²) >= 11 is 0. The summed E-state index contributed by atoms with van der Waals surface area (Å²) < 4.78 is 13.5. The van der Waals surface area contributed by atoms with Crippen molar-refractivity contribution in [1.29, 1.82) is 0 Å². The second kappa shape index (κ2) is 10.4. The van der Waals surface area contributed by atoms with E-state index in [9.17, 15) is 4.79 Å². The van der Waals surface area contributed by atoms with Crippen LogP contribution in [0.5, 0.6) is 5.75 Å². The molecule has 38 heavy (non-hydrogen) atoms. The highest BCUT2D eigenvalue weighted by Crippen LogP contribution is 2.29. The normalized spacial score (nSPS) is 21.6. The molecule has 3 aromatic rings. The molecule has 2 N–H and O–H groups in total. The molecule has 0 amide bonds. The lowest BCUT2D eigenvalue weighted by molar-refractivity contribution is 0.131. The first-order valence-electron chi connectivity index (χ1n) is 13.4. The van der Waals surface area contributed by atoms with Gasteiger partial charge in [0.2, 0.25) is 5.95 Å². The molecule has 204 valence electrons. The molecule has 3 unspecified atom stereocenters. The van der Waals surface area contributed by atoms with Crippen molar-refractivity contribution in [2.24, 2.45) is 11.7 Å². The molecule has 11 nitrogen and oxygen atoms in total. The van der Waals surface area contributed by atoms with Gasteiger partial charge in [-0.15, -0.1) is 0 Å². The maximum atomic E-state index is 12.4. The van der Waals surface area contributed by atoms with Gasteiger partial charge < -0.3 is 29.4 Å². The van der Waals surface area contributed by atoms with Crippen LogP contribution in [0.1, 0.15) is 58.0 Å². The van der Waals surface area contributed by atoms with Crippen LogP contribution in [0.15, 0.2) is 40.0 Å². The lowest BCUT2D eigenvalue weighted by Crippen LogP contribution is -2.39. The Bertz CT molecular complexity index is 1290. The third kappa shape index (κ3) is 5.52. The van der Waals surface area contributed by atoms with Crippen LogP contribution in [0.3, 0.4) is 0 Å². The Morgan fingerprint density at radius 1 is 1.11 bits per heavy atom. The van der Waals surface area contributed by atoms with Gasteiger partial charge in [0, 0.05) is 49.9 Å². The second-order valence-corrected chi connectivity index (χ2v) is 11.6. The third-order valence-electron chi connectivity index (χ3n) is 7.56. The molecule has 11 heteroatoms. The van der Waals surface area contributed by atoms with Crippen molar-refractivity contribution in [2.45, 2.75) is 71.1 Å². The van der Waals surface area contributed by atoms with Crippen LogP contribution in [-0.2, 0) is 5.41 Å². The van der Waals surface area contributed by atoms with Crippen LogP contribution >= 0.6 is 0 Å². The summed E-state index contributed by atoms with van der Waals surface area (Å²) in [5, 5.41) is 4.15. The number of piperidine rings is 1. The fourth-order valence-corrected chi connectivity index (χ4v) is 5.20. The van der Waals surface area contributed by atoms with Crippen molar-refractivity contribution >= 4 is 12.0 Å². The molecule has 0 spiro atoms. The molecule has 2 aliphatic rings. The molecular formula is C27H38N8O3. The third-order valence-corrected chi connectivity index (χ3v) is 7.56. The minimum Gasteiger partial charge on any atom is -0.487 e. The van der Waals surface area contributed by atoms with Gasteiger partial charge in [0.25, 0.3) is 5.56 Å². The molecule has 0 radical (unpaired) electrons. The Balaban J connectivity index is 1.15. The predicted octanol–water partition coefficient (Wildman–Crippen LogP) is 2.70. The summed E-state index contributed by atoms with van der Waals surface area (Å²) in [6.07, 6.45) is 7.27. The molecule has 2 fully saturated rings. The minimum absolute atomic E-state index is 0.0252. The zero-order valence-electron chi connectivity index (χ0n) is 22.9. The minimum atomic E-state index is -0.188. The van der Waals surface area contributed by atoms with Gasteiger partial charge in [-0.2, -0.15) is 4.98 Å². The summed E-state index contributed by atoms with van der Waals surface area (Å²) in [6.45, 7) is 13.2. The van der Waals surface area contributed by atoms with Crippen LogP contribution in [0.25, 0.3) is 0 Å². The molecule has 5 rings (SSSR count). The van der Waals surface area contributed by atoms with E-state index in [1.54, 1.807) is 23.0 Å². The predicted molar refractivity (Wildman–Crippen MR) is 145 cm³/mol. The molecule has 0 bridgehead atoms. The van der Waals surface area contributed by atoms with Crippen molar-refractivity contribution < 1.29 is 9.26 Å². The molecule has 2 aliphatic heterocycles. The Kier molecular flexibility index (Phi) is 7.13. The number of aromatic nitrogens is 5. The Hall–Kier alpha value is -3.47. The van der Waals surface area contributed by atoms with Gasteiger partial charge in [-0.1, -0.05) is 32.0 Å². The number of nitrogens with zero attached hydrogens (tertiary/aromatic N) is 7. The van der Waals surface area contributed by atoms with Gasteiger partial charge in [-0.25, -0.2) is 9.97 Å². The average molecular weight is 523 g/mol. The molecule has 3 atom stereocenters. The molecule has 0 aliphatic carbocycles. The first-order chi connectivity index (χ1) is 18.1. The molecule has 3 aromatic heterocycles. The smallest absolute Gasteiger partial charge is 0.324 e. The summed E-state index contributed by atoms with van der Waals surface area (Å²) in [6, 6.07) is 3.69. The first-order valence-corrected chi connectivity index (χ1v) is 13.4. The van der Waals surface area contributed by atoms with Crippen molar-refractivity contribution in [2.75, 3.05) is 36.0 Å². The fourth-order valence-electron chi connectivity index (χ4n) is 5.20. The molecule has 5 heterocycles. The first kappa shape index (κ1) is 26.1. The van der Waals surface area contributed by atoms with Crippen LogP contribution in [0.2, 0.25) is 0 Å². The summed E-state index contributed by atoms with van der Waals surface area (Å²) in [7, 11) is 0. The van der Waals surface area contributed by atoms with Crippen LogP contribution in [-0.4, -0.2) is 63.0 Å². The van der Waals surface area contributed by atoms with Crippen molar-refractivity contribution in [1.82, 2.24) is 24.7 Å². The van der Waals surface area contributed by atoms with E-state index < -0.39 is 0 Å². The highest BCUT2D eigenvalue weighted by molar-refractivity contribution is 5.35. The number of pyridine rings is 1. The Morgan fingerprint density at radius 3 is 2.47 bits per heavy atom. The van der Waals surface area contributed by atoms with E-state index in [4.69, 9.17) is 15.0 Å². The van der Waals surface area contributed by atoms with E-state index in [0.717, 1.165) is 37.3 Å². The number of anilines is 2. The van der Waals surface area contributed by atoms with E-state index in [1.807, 2.05) is 24.1 Å². The number of rotatable bonds is 6. The molecular weight excluding hydrogens is 484 g/mol. The average Bonchev–Trinajstić information content (AvgIpc) is 3.54. The highest BCUT2D eigenvalue weighted by atomic mass is 16.5. The van der Waals surface area contributed by atoms with Gasteiger partial charge in [-0.3, -0.25) is 4.79 Å². The SMILES string of the molecule is Cc1ccc(=O)n(C2CN(c3ncc(OC(C)C4CCN(c5nc(C(C)(C)C)no5)CC4)cn3)CC2N)c1. The number of hydrogen-bond acceptors (Lipinski definition) is 10. The van der Waals surface area contributed by atoms with Crippen LogP contribution in [0.4, 0.5) is 12.0 Å². The van der Waals surface area contributed by atoms with E-state index in [2.05, 4.69) is 52.7 Å². The zero-order chi connectivity index (χ0) is 27.0. The Morgan fingerprint density at radius 2 is 1.82 bits per heavy atom. The van der Waals surface area contributed by atoms with Gasteiger partial charge in [-0.05, 0) is 38.2 Å². The van der Waals surface area contributed by atoms with E-state index >= 15 is 0 Å². The number of nitrogens with two attached hydrogens (primary N) is 1. The fraction of sp³-hybridized carbons (Fsp3) is 0.593. The molecule has 0 saturated carbocycles. The maximum Gasteiger partial charge on any atom is 0.324 e. The second-order valence-electron chi connectivity index (χ2n) is 11.6. The standard InChI is InChI=1S/C27H38N8O3/c1-17-6-7-23(36)35(14-17)22-16-34(15-21(22)28)25-29-12-20(13-30-25)37-18(2)19-8-10-33(11-9-19)26-31-24(32-38-26)27(3,4)5/h6-7,12-14,18-19,21-22H,8-11,15-16,28H2,1-5H3. The zero-order valence-corrected chi connectivity index (χ0v) is 22.9. The van der Waals surface area contributed by atoms with E-state index in [-0.39, 0.29) is 29.2 Å². The van der Waals surface area contributed by atoms with Gasteiger partial charge in [0.05, 0.1) is 24.5 Å². The topological polar surface area (TPSA) is 128 Å². The quantitative estimate of drug-likeness (QED) is 0.516. The molecule has 2 saturated heterocycles.